The van der Waals surface area contributed by atoms with E-state index >= 15 is 0 Å². The molecular formula is C15H15F2N3O. The zero-order valence-electron chi connectivity index (χ0n) is 11.5. The summed E-state index contributed by atoms with van der Waals surface area (Å²) in [6.45, 7) is 3.06. The molecule has 6 heteroatoms. The first-order chi connectivity index (χ1) is 10.0. The number of aryl methyl sites for hydroxylation is 1. The van der Waals surface area contributed by atoms with E-state index in [-0.39, 0.29) is 17.8 Å². The highest BCUT2D eigenvalue weighted by atomic mass is 19.1. The summed E-state index contributed by atoms with van der Waals surface area (Å²) in [6, 6.07) is 2.70. The summed E-state index contributed by atoms with van der Waals surface area (Å²) in [4.78, 5) is 13.5. The number of rotatable bonds is 3. The summed E-state index contributed by atoms with van der Waals surface area (Å²) in [6.07, 6.45) is 3.79. The lowest BCUT2D eigenvalue weighted by molar-refractivity contribution is -0.119. The number of aromatic nitrogens is 1. The smallest absolute Gasteiger partial charge is 0.249 e. The number of benzene rings is 1. The summed E-state index contributed by atoms with van der Waals surface area (Å²) in [5.74, 6) is -1.91. The largest absolute Gasteiger partial charge is 0.354 e. The van der Waals surface area contributed by atoms with Gasteiger partial charge in [0.05, 0.1) is 12.2 Å². The van der Waals surface area contributed by atoms with Crippen molar-refractivity contribution >= 4 is 11.6 Å². The molecule has 0 fully saturated rings. The van der Waals surface area contributed by atoms with E-state index in [1.165, 1.54) is 4.90 Å². The summed E-state index contributed by atoms with van der Waals surface area (Å²) in [5.41, 5.74) is 6.92. The third-order valence-electron chi connectivity index (χ3n) is 3.72. The number of hydrogen-bond acceptors (Lipinski definition) is 2. The number of nitrogens with zero attached hydrogens (tertiary/aromatic N) is 2. The molecule has 1 amide bonds. The molecule has 0 spiro atoms. The fourth-order valence-corrected chi connectivity index (χ4v) is 2.64. The average Bonchev–Trinajstić information content (AvgIpc) is 2.98. The SMILES string of the molecule is CCn1ccc(CN2C(=O)C(N)c3c(F)cc(F)cc32)c1. The van der Waals surface area contributed by atoms with Gasteiger partial charge in [0, 0.05) is 30.6 Å². The van der Waals surface area contributed by atoms with Gasteiger partial charge in [-0.3, -0.25) is 4.79 Å². The second-order valence-corrected chi connectivity index (χ2v) is 5.07. The van der Waals surface area contributed by atoms with Crippen LogP contribution in [0.3, 0.4) is 0 Å². The Balaban J connectivity index is 1.99. The summed E-state index contributed by atoms with van der Waals surface area (Å²) < 4.78 is 29.2. The first kappa shape index (κ1) is 13.8. The van der Waals surface area contributed by atoms with E-state index in [1.54, 1.807) is 0 Å². The second kappa shape index (κ2) is 4.96. The molecule has 0 saturated heterocycles. The maximum absolute atomic E-state index is 13.8. The molecule has 0 bridgehead atoms. The van der Waals surface area contributed by atoms with E-state index in [0.717, 1.165) is 24.2 Å². The van der Waals surface area contributed by atoms with Crippen LogP contribution in [0.1, 0.15) is 24.1 Å². The van der Waals surface area contributed by atoms with E-state index in [1.807, 2.05) is 30.0 Å². The van der Waals surface area contributed by atoms with Crippen molar-refractivity contribution in [1.29, 1.82) is 0 Å². The molecule has 0 aliphatic carbocycles. The van der Waals surface area contributed by atoms with Crippen molar-refractivity contribution < 1.29 is 13.6 Å². The van der Waals surface area contributed by atoms with Gasteiger partial charge in [-0.2, -0.15) is 0 Å². The number of fused-ring (bicyclic) bond motifs is 1. The average molecular weight is 291 g/mol. The zero-order valence-corrected chi connectivity index (χ0v) is 11.5. The Kier molecular flexibility index (Phi) is 3.25. The molecule has 2 N–H and O–H groups in total. The quantitative estimate of drug-likeness (QED) is 0.943. The second-order valence-electron chi connectivity index (χ2n) is 5.07. The van der Waals surface area contributed by atoms with Gasteiger partial charge in [-0.15, -0.1) is 0 Å². The Hall–Kier alpha value is -2.21. The Labute approximate surface area is 120 Å². The fourth-order valence-electron chi connectivity index (χ4n) is 2.64. The molecule has 3 rings (SSSR count). The Morgan fingerprint density at radius 1 is 1.33 bits per heavy atom. The highest BCUT2D eigenvalue weighted by Crippen LogP contribution is 2.38. The van der Waals surface area contributed by atoms with Crippen LogP contribution in [0.5, 0.6) is 0 Å². The van der Waals surface area contributed by atoms with Gasteiger partial charge < -0.3 is 15.2 Å². The van der Waals surface area contributed by atoms with E-state index in [2.05, 4.69) is 0 Å². The number of carbonyl (C=O) groups excluding carboxylic acids is 1. The van der Waals surface area contributed by atoms with Crippen molar-refractivity contribution in [1.82, 2.24) is 4.57 Å². The standard InChI is InChI=1S/C15H15F2N3O/c1-2-19-4-3-9(7-19)8-20-12-6-10(16)5-11(17)13(12)14(18)15(20)21/h3-7,14H,2,8,18H2,1H3. The van der Waals surface area contributed by atoms with Crippen molar-refractivity contribution in [2.75, 3.05) is 4.90 Å². The number of nitrogens with two attached hydrogens (primary N) is 1. The normalized spacial score (nSPS) is 17.4. The molecule has 1 aliphatic rings. The predicted molar refractivity (Wildman–Crippen MR) is 74.6 cm³/mol. The molecule has 21 heavy (non-hydrogen) atoms. The fraction of sp³-hybridized carbons (Fsp3) is 0.267. The number of anilines is 1. The van der Waals surface area contributed by atoms with Crippen LogP contribution in [0, 0.1) is 11.6 Å². The zero-order chi connectivity index (χ0) is 15.1. The first-order valence-electron chi connectivity index (χ1n) is 6.71. The van der Waals surface area contributed by atoms with Gasteiger partial charge in [0.25, 0.3) is 0 Å². The van der Waals surface area contributed by atoms with Gasteiger partial charge in [0.1, 0.15) is 17.7 Å². The monoisotopic (exact) mass is 291 g/mol. The lowest BCUT2D eigenvalue weighted by Gasteiger charge is -2.17. The molecule has 1 unspecified atom stereocenters. The van der Waals surface area contributed by atoms with Crippen LogP contribution >= 0.6 is 0 Å². The van der Waals surface area contributed by atoms with Crippen molar-refractivity contribution in [3.05, 3.63) is 53.4 Å². The minimum Gasteiger partial charge on any atom is -0.354 e. The van der Waals surface area contributed by atoms with Crippen LogP contribution in [-0.4, -0.2) is 10.5 Å². The molecule has 1 atom stereocenters. The number of amides is 1. The van der Waals surface area contributed by atoms with E-state index in [0.29, 0.717) is 0 Å². The topological polar surface area (TPSA) is 51.3 Å². The first-order valence-corrected chi connectivity index (χ1v) is 6.71. The molecule has 1 aromatic heterocycles. The lowest BCUT2D eigenvalue weighted by atomic mass is 10.1. The van der Waals surface area contributed by atoms with Gasteiger partial charge in [0.2, 0.25) is 5.91 Å². The predicted octanol–water partition coefficient (Wildman–Crippen LogP) is 2.33. The molecule has 2 aromatic rings. The number of hydrogen-bond donors (Lipinski definition) is 1. The van der Waals surface area contributed by atoms with Crippen LogP contribution in [-0.2, 0) is 17.9 Å². The van der Waals surface area contributed by atoms with Crippen molar-refractivity contribution in [2.24, 2.45) is 5.73 Å². The molecular weight excluding hydrogens is 276 g/mol. The summed E-state index contributed by atoms with van der Waals surface area (Å²) in [7, 11) is 0. The molecule has 4 nitrogen and oxygen atoms in total. The summed E-state index contributed by atoms with van der Waals surface area (Å²) >= 11 is 0. The Bertz CT molecular complexity index is 711. The molecule has 1 aliphatic heterocycles. The molecule has 2 heterocycles. The summed E-state index contributed by atoms with van der Waals surface area (Å²) in [5, 5.41) is 0. The lowest BCUT2D eigenvalue weighted by Crippen LogP contribution is -2.31. The molecule has 0 radical (unpaired) electrons. The van der Waals surface area contributed by atoms with E-state index in [9.17, 15) is 13.6 Å². The Morgan fingerprint density at radius 3 is 2.76 bits per heavy atom. The third kappa shape index (κ3) is 2.21. The molecule has 0 saturated carbocycles. The Morgan fingerprint density at radius 2 is 2.10 bits per heavy atom. The highest BCUT2D eigenvalue weighted by Gasteiger charge is 2.37. The van der Waals surface area contributed by atoms with Gasteiger partial charge >= 0.3 is 0 Å². The van der Waals surface area contributed by atoms with E-state index in [4.69, 9.17) is 5.73 Å². The van der Waals surface area contributed by atoms with Gasteiger partial charge in [-0.1, -0.05) is 0 Å². The van der Waals surface area contributed by atoms with Gasteiger partial charge in [0.15, 0.2) is 0 Å². The van der Waals surface area contributed by atoms with Crippen molar-refractivity contribution in [3.8, 4) is 0 Å². The maximum atomic E-state index is 13.8. The van der Waals surface area contributed by atoms with Crippen LogP contribution < -0.4 is 10.6 Å². The molecule has 110 valence electrons. The maximum Gasteiger partial charge on any atom is 0.249 e. The number of carbonyl (C=O) groups is 1. The van der Waals surface area contributed by atoms with E-state index < -0.39 is 23.6 Å². The number of halogens is 2. The van der Waals surface area contributed by atoms with Crippen LogP contribution in [0.25, 0.3) is 0 Å². The van der Waals surface area contributed by atoms with Crippen LogP contribution in [0.4, 0.5) is 14.5 Å². The van der Waals surface area contributed by atoms with Gasteiger partial charge in [-0.05, 0) is 24.6 Å². The minimum absolute atomic E-state index is 0.0660. The highest BCUT2D eigenvalue weighted by molar-refractivity contribution is 6.04. The molecule has 1 aromatic carbocycles. The van der Waals surface area contributed by atoms with Gasteiger partial charge in [-0.25, -0.2) is 8.78 Å². The minimum atomic E-state index is -1.08. The van der Waals surface area contributed by atoms with Crippen molar-refractivity contribution in [2.45, 2.75) is 26.1 Å². The van der Waals surface area contributed by atoms with Crippen molar-refractivity contribution in [3.63, 3.8) is 0 Å². The van der Waals surface area contributed by atoms with Crippen LogP contribution in [0.2, 0.25) is 0 Å². The van der Waals surface area contributed by atoms with Crippen LogP contribution in [0.15, 0.2) is 30.6 Å². The third-order valence-corrected chi connectivity index (χ3v) is 3.72.